The standard InChI is InChI=1S/C15H19ClN4O/c1-9-7-20(4-5-21-8-9)14-12-6-17-11(3)10(2)13(12)18-15(16)19-14/h6,9H,4-5,7-8H2,1-3H3. The molecule has 6 heteroatoms. The average molecular weight is 307 g/mol. The van der Waals surface area contributed by atoms with Crippen molar-refractivity contribution in [3.05, 3.63) is 22.7 Å². The summed E-state index contributed by atoms with van der Waals surface area (Å²) in [5.41, 5.74) is 2.91. The van der Waals surface area contributed by atoms with Crippen LogP contribution < -0.4 is 4.90 Å². The van der Waals surface area contributed by atoms with E-state index in [0.717, 1.165) is 47.7 Å². The van der Waals surface area contributed by atoms with Gasteiger partial charge in [0.25, 0.3) is 0 Å². The number of nitrogens with zero attached hydrogens (tertiary/aromatic N) is 4. The number of hydrogen-bond donors (Lipinski definition) is 0. The third-order valence-electron chi connectivity index (χ3n) is 3.92. The quantitative estimate of drug-likeness (QED) is 0.758. The number of halogens is 1. The summed E-state index contributed by atoms with van der Waals surface area (Å²) in [5, 5.41) is 1.24. The maximum atomic E-state index is 6.14. The van der Waals surface area contributed by atoms with Gasteiger partial charge in [0.1, 0.15) is 5.82 Å². The highest BCUT2D eigenvalue weighted by Crippen LogP contribution is 2.28. The second kappa shape index (κ2) is 5.73. The largest absolute Gasteiger partial charge is 0.379 e. The lowest BCUT2D eigenvalue weighted by molar-refractivity contribution is 0.129. The van der Waals surface area contributed by atoms with Gasteiger partial charge in [0.15, 0.2) is 0 Å². The fourth-order valence-corrected chi connectivity index (χ4v) is 2.84. The molecule has 112 valence electrons. The molecule has 1 atom stereocenters. The number of aromatic nitrogens is 3. The van der Waals surface area contributed by atoms with Crippen molar-refractivity contribution < 1.29 is 4.74 Å². The molecule has 0 aliphatic carbocycles. The van der Waals surface area contributed by atoms with E-state index in [1.165, 1.54) is 0 Å². The molecule has 21 heavy (non-hydrogen) atoms. The molecule has 1 unspecified atom stereocenters. The summed E-state index contributed by atoms with van der Waals surface area (Å²) in [6.45, 7) is 9.36. The van der Waals surface area contributed by atoms with E-state index in [1.54, 1.807) is 0 Å². The molecule has 0 saturated carbocycles. The molecule has 2 aromatic heterocycles. The van der Waals surface area contributed by atoms with Gasteiger partial charge >= 0.3 is 0 Å². The smallest absolute Gasteiger partial charge is 0.224 e. The van der Waals surface area contributed by atoms with Gasteiger partial charge in [-0.1, -0.05) is 6.92 Å². The Hall–Kier alpha value is -1.46. The first-order valence-electron chi connectivity index (χ1n) is 7.18. The molecule has 0 bridgehead atoms. The molecule has 1 saturated heterocycles. The van der Waals surface area contributed by atoms with E-state index in [9.17, 15) is 0 Å². The number of rotatable bonds is 1. The number of ether oxygens (including phenoxy) is 1. The second-order valence-electron chi connectivity index (χ2n) is 5.67. The van der Waals surface area contributed by atoms with Gasteiger partial charge in [0.2, 0.25) is 5.28 Å². The summed E-state index contributed by atoms with van der Waals surface area (Å²) in [6, 6.07) is 0. The molecule has 0 radical (unpaired) electrons. The Bertz CT molecular complexity index is 676. The topological polar surface area (TPSA) is 51.1 Å². The van der Waals surface area contributed by atoms with Crippen molar-refractivity contribution in [3.63, 3.8) is 0 Å². The number of anilines is 1. The van der Waals surface area contributed by atoms with Crippen molar-refractivity contribution in [2.45, 2.75) is 20.8 Å². The molecule has 3 rings (SSSR count). The summed E-state index contributed by atoms with van der Waals surface area (Å²) in [7, 11) is 0. The predicted octanol–water partition coefficient (Wildman–Crippen LogP) is 2.77. The van der Waals surface area contributed by atoms with E-state index >= 15 is 0 Å². The zero-order valence-electron chi connectivity index (χ0n) is 12.6. The highest BCUT2D eigenvalue weighted by Gasteiger charge is 2.20. The summed E-state index contributed by atoms with van der Waals surface area (Å²) >= 11 is 6.14. The predicted molar refractivity (Wildman–Crippen MR) is 84.0 cm³/mol. The highest BCUT2D eigenvalue weighted by atomic mass is 35.5. The molecule has 3 heterocycles. The van der Waals surface area contributed by atoms with Crippen LogP contribution in [-0.2, 0) is 4.74 Å². The number of fused-ring (bicyclic) bond motifs is 1. The molecule has 2 aromatic rings. The van der Waals surface area contributed by atoms with Crippen molar-refractivity contribution in [1.82, 2.24) is 15.0 Å². The van der Waals surface area contributed by atoms with Gasteiger partial charge in [0, 0.05) is 25.0 Å². The van der Waals surface area contributed by atoms with Crippen molar-refractivity contribution in [2.75, 3.05) is 31.2 Å². The first-order valence-corrected chi connectivity index (χ1v) is 7.56. The minimum atomic E-state index is 0.281. The lowest BCUT2D eigenvalue weighted by atomic mass is 10.1. The van der Waals surface area contributed by atoms with Crippen molar-refractivity contribution in [3.8, 4) is 0 Å². The Morgan fingerprint density at radius 2 is 2.14 bits per heavy atom. The summed E-state index contributed by atoms with van der Waals surface area (Å²) in [4.78, 5) is 15.5. The van der Waals surface area contributed by atoms with E-state index in [1.807, 2.05) is 20.0 Å². The van der Waals surface area contributed by atoms with Crippen LogP contribution in [0.5, 0.6) is 0 Å². The van der Waals surface area contributed by atoms with Crippen molar-refractivity contribution in [1.29, 1.82) is 0 Å². The molecular weight excluding hydrogens is 288 g/mol. The van der Waals surface area contributed by atoms with Gasteiger partial charge in [-0.15, -0.1) is 0 Å². The zero-order chi connectivity index (χ0) is 15.0. The fraction of sp³-hybridized carbons (Fsp3) is 0.533. The third kappa shape index (κ3) is 2.80. The van der Waals surface area contributed by atoms with E-state index in [0.29, 0.717) is 12.5 Å². The Morgan fingerprint density at radius 1 is 1.33 bits per heavy atom. The van der Waals surface area contributed by atoms with Gasteiger partial charge in [-0.05, 0) is 36.9 Å². The summed E-state index contributed by atoms with van der Waals surface area (Å²) < 4.78 is 5.61. The van der Waals surface area contributed by atoms with Crippen LogP contribution >= 0.6 is 11.6 Å². The third-order valence-corrected chi connectivity index (χ3v) is 4.09. The highest BCUT2D eigenvalue weighted by molar-refractivity contribution is 6.28. The van der Waals surface area contributed by atoms with E-state index < -0.39 is 0 Å². The Balaban J connectivity index is 2.15. The van der Waals surface area contributed by atoms with Crippen LogP contribution in [0.2, 0.25) is 5.28 Å². The lowest BCUT2D eigenvalue weighted by Gasteiger charge is -2.24. The van der Waals surface area contributed by atoms with Crippen molar-refractivity contribution in [2.24, 2.45) is 5.92 Å². The molecule has 0 amide bonds. The van der Waals surface area contributed by atoms with Gasteiger partial charge < -0.3 is 9.64 Å². The SMILES string of the molecule is Cc1ncc2c(N3CCOCC(C)C3)nc(Cl)nc2c1C. The monoisotopic (exact) mass is 306 g/mol. The maximum absolute atomic E-state index is 6.14. The van der Waals surface area contributed by atoms with E-state index in [-0.39, 0.29) is 5.28 Å². The average Bonchev–Trinajstić information content (AvgIpc) is 2.67. The lowest BCUT2D eigenvalue weighted by Crippen LogP contribution is -2.30. The summed E-state index contributed by atoms with van der Waals surface area (Å²) in [5.74, 6) is 1.31. The molecule has 0 aromatic carbocycles. The van der Waals surface area contributed by atoms with Crippen LogP contribution in [0, 0.1) is 19.8 Å². The minimum Gasteiger partial charge on any atom is -0.379 e. The number of hydrogen-bond acceptors (Lipinski definition) is 5. The number of aryl methyl sites for hydroxylation is 2. The Kier molecular flexibility index (Phi) is 3.95. The molecule has 1 fully saturated rings. The van der Waals surface area contributed by atoms with Crippen LogP contribution in [0.15, 0.2) is 6.20 Å². The summed E-state index contributed by atoms with van der Waals surface area (Å²) in [6.07, 6.45) is 1.85. The fourth-order valence-electron chi connectivity index (χ4n) is 2.68. The van der Waals surface area contributed by atoms with Crippen LogP contribution in [-0.4, -0.2) is 41.3 Å². The molecule has 1 aliphatic heterocycles. The van der Waals surface area contributed by atoms with E-state index in [2.05, 4.69) is 26.8 Å². The first kappa shape index (κ1) is 14.5. The van der Waals surface area contributed by atoms with Crippen LogP contribution in [0.25, 0.3) is 10.9 Å². The first-order chi connectivity index (χ1) is 10.1. The van der Waals surface area contributed by atoms with Crippen LogP contribution in [0.3, 0.4) is 0 Å². The normalized spacial score (nSPS) is 19.8. The Morgan fingerprint density at radius 3 is 2.95 bits per heavy atom. The molecule has 5 nitrogen and oxygen atoms in total. The van der Waals surface area contributed by atoms with Gasteiger partial charge in [0.05, 0.1) is 24.1 Å². The van der Waals surface area contributed by atoms with Gasteiger partial charge in [-0.2, -0.15) is 4.98 Å². The number of pyridine rings is 1. The van der Waals surface area contributed by atoms with Gasteiger partial charge in [-0.25, -0.2) is 4.98 Å². The molecule has 0 spiro atoms. The Labute approximate surface area is 129 Å². The minimum absolute atomic E-state index is 0.281. The second-order valence-corrected chi connectivity index (χ2v) is 6.01. The van der Waals surface area contributed by atoms with Crippen molar-refractivity contribution >= 4 is 28.3 Å². The van der Waals surface area contributed by atoms with Gasteiger partial charge in [-0.3, -0.25) is 4.98 Å². The zero-order valence-corrected chi connectivity index (χ0v) is 13.3. The molecule has 0 N–H and O–H groups in total. The maximum Gasteiger partial charge on any atom is 0.224 e. The van der Waals surface area contributed by atoms with Crippen LogP contribution in [0.1, 0.15) is 18.2 Å². The molecule has 1 aliphatic rings. The molecular formula is C15H19ClN4O. The van der Waals surface area contributed by atoms with E-state index in [4.69, 9.17) is 16.3 Å². The van der Waals surface area contributed by atoms with Crippen LogP contribution in [0.4, 0.5) is 5.82 Å².